The second-order valence-corrected chi connectivity index (χ2v) is 10.3. The molecule has 3 heterocycles. The lowest BCUT2D eigenvalue weighted by Gasteiger charge is -2.32. The summed E-state index contributed by atoms with van der Waals surface area (Å²) in [6, 6.07) is 10.6. The van der Waals surface area contributed by atoms with Crippen LogP contribution in [-0.4, -0.2) is 63.2 Å². The van der Waals surface area contributed by atoms with Crippen molar-refractivity contribution in [2.75, 3.05) is 19.8 Å². The van der Waals surface area contributed by atoms with Gasteiger partial charge in [-0.3, -0.25) is 19.1 Å². The van der Waals surface area contributed by atoms with Crippen molar-refractivity contribution < 1.29 is 23.9 Å². The fourth-order valence-electron chi connectivity index (χ4n) is 5.33. The Kier molecular flexibility index (Phi) is 6.42. The number of aryl methyl sites for hydroxylation is 2. The lowest BCUT2D eigenvalue weighted by Crippen LogP contribution is -2.41. The maximum absolute atomic E-state index is 13.2. The highest BCUT2D eigenvalue weighted by Gasteiger charge is 2.49. The minimum atomic E-state index is -1.32. The third-order valence-electron chi connectivity index (χ3n) is 7.47. The van der Waals surface area contributed by atoms with Crippen LogP contribution in [0.5, 0.6) is 0 Å². The summed E-state index contributed by atoms with van der Waals surface area (Å²) >= 11 is 0. The molecule has 0 unspecified atom stereocenters. The molecule has 10 heteroatoms. The van der Waals surface area contributed by atoms with Crippen molar-refractivity contribution in [2.45, 2.75) is 52.1 Å². The quantitative estimate of drug-likeness (QED) is 0.410. The third kappa shape index (κ3) is 4.51. The van der Waals surface area contributed by atoms with Crippen molar-refractivity contribution in [3.8, 4) is 0 Å². The number of aromatic nitrogens is 2. The number of rotatable bonds is 5. The molecule has 4 amide bonds. The number of amides is 4. The Morgan fingerprint density at radius 2 is 1.79 bits per heavy atom. The number of carbonyl (C=O) groups is 4. The summed E-state index contributed by atoms with van der Waals surface area (Å²) < 4.78 is 6.87. The van der Waals surface area contributed by atoms with Gasteiger partial charge in [0.25, 0.3) is 11.8 Å². The zero-order chi connectivity index (χ0) is 27.2. The molecule has 0 aliphatic carbocycles. The first kappa shape index (κ1) is 25.4. The zero-order valence-electron chi connectivity index (χ0n) is 22.0. The van der Waals surface area contributed by atoms with E-state index in [1.165, 1.54) is 18.1 Å². The van der Waals surface area contributed by atoms with Crippen LogP contribution in [0.3, 0.4) is 0 Å². The molecule has 2 saturated heterocycles. The zero-order valence-corrected chi connectivity index (χ0v) is 22.0. The molecule has 38 heavy (non-hydrogen) atoms. The molecule has 1 atom stereocenters. The number of hydrogen-bond acceptors (Lipinski definition) is 6. The average Bonchev–Trinajstić information content (AvgIpc) is 3.41. The first-order chi connectivity index (χ1) is 18.1. The van der Waals surface area contributed by atoms with Crippen molar-refractivity contribution in [1.29, 1.82) is 0 Å². The highest BCUT2D eigenvalue weighted by Crippen LogP contribution is 2.30. The molecule has 2 aliphatic rings. The van der Waals surface area contributed by atoms with Gasteiger partial charge in [0.05, 0.1) is 11.6 Å². The Balaban J connectivity index is 1.23. The SMILES string of the molecule is CC(=O)OCN1C(=O)N[C@](C)(c2ccc(C(=O)N3CCC(n4cc5cc(C)cc(C)c5n4)CC3)cc2)C1=O. The van der Waals surface area contributed by atoms with Gasteiger partial charge in [-0.2, -0.15) is 5.10 Å². The van der Waals surface area contributed by atoms with Crippen molar-refractivity contribution in [1.82, 2.24) is 24.9 Å². The number of hydrogen-bond donors (Lipinski definition) is 1. The van der Waals surface area contributed by atoms with E-state index in [1.54, 1.807) is 31.2 Å². The van der Waals surface area contributed by atoms with E-state index in [2.05, 4.69) is 37.5 Å². The molecule has 1 N–H and O–H groups in total. The number of carbonyl (C=O) groups excluding carboxylic acids is 4. The van der Waals surface area contributed by atoms with Crippen LogP contribution in [0.25, 0.3) is 10.9 Å². The summed E-state index contributed by atoms with van der Waals surface area (Å²) in [5.41, 5.74) is 3.14. The highest BCUT2D eigenvalue weighted by atomic mass is 16.5. The number of esters is 1. The lowest BCUT2D eigenvalue weighted by molar-refractivity contribution is -0.148. The predicted molar refractivity (Wildman–Crippen MR) is 139 cm³/mol. The Bertz CT molecular complexity index is 1440. The maximum atomic E-state index is 13.2. The van der Waals surface area contributed by atoms with E-state index in [0.717, 1.165) is 28.6 Å². The Morgan fingerprint density at radius 3 is 2.45 bits per heavy atom. The second-order valence-electron chi connectivity index (χ2n) is 10.3. The molecule has 0 bridgehead atoms. The van der Waals surface area contributed by atoms with E-state index < -0.39 is 30.2 Å². The molecule has 2 aliphatic heterocycles. The van der Waals surface area contributed by atoms with Gasteiger partial charge in [-0.05, 0) is 62.9 Å². The number of piperidine rings is 1. The minimum absolute atomic E-state index is 0.0736. The van der Waals surface area contributed by atoms with Gasteiger partial charge < -0.3 is 15.0 Å². The smallest absolute Gasteiger partial charge is 0.328 e. The summed E-state index contributed by atoms with van der Waals surface area (Å²) in [7, 11) is 0. The maximum Gasteiger partial charge on any atom is 0.328 e. The van der Waals surface area contributed by atoms with Gasteiger partial charge in [-0.15, -0.1) is 0 Å². The van der Waals surface area contributed by atoms with Crippen LogP contribution < -0.4 is 5.32 Å². The summed E-state index contributed by atoms with van der Waals surface area (Å²) in [6.45, 7) is 7.75. The predicted octanol–water partition coefficient (Wildman–Crippen LogP) is 3.42. The molecule has 10 nitrogen and oxygen atoms in total. The van der Waals surface area contributed by atoms with E-state index in [0.29, 0.717) is 24.2 Å². The van der Waals surface area contributed by atoms with Crippen LogP contribution in [0.4, 0.5) is 4.79 Å². The number of fused-ring (bicyclic) bond motifs is 1. The molecule has 0 radical (unpaired) electrons. The summed E-state index contributed by atoms with van der Waals surface area (Å²) in [4.78, 5) is 52.2. The van der Waals surface area contributed by atoms with Crippen LogP contribution in [0.15, 0.2) is 42.6 Å². The first-order valence-electron chi connectivity index (χ1n) is 12.7. The van der Waals surface area contributed by atoms with E-state index >= 15 is 0 Å². The van der Waals surface area contributed by atoms with E-state index in [-0.39, 0.29) is 11.9 Å². The van der Waals surface area contributed by atoms with Gasteiger partial charge in [-0.25, -0.2) is 9.69 Å². The van der Waals surface area contributed by atoms with Crippen LogP contribution in [0.2, 0.25) is 0 Å². The number of ether oxygens (including phenoxy) is 1. The van der Waals surface area contributed by atoms with Crippen LogP contribution >= 0.6 is 0 Å². The van der Waals surface area contributed by atoms with Crippen molar-refractivity contribution in [3.63, 3.8) is 0 Å². The molecular weight excluding hydrogens is 486 g/mol. The standard InChI is InChI=1S/C28H31N5O5/c1-17-13-18(2)24-21(14-17)15-33(30-24)23-9-11-31(12-10-23)25(35)20-5-7-22(8-6-20)28(4)26(36)32(27(37)29-28)16-38-19(3)34/h5-8,13-15,23H,9-12,16H2,1-4H3,(H,29,37)/t28-/m1/s1. The number of imide groups is 1. The van der Waals surface area contributed by atoms with Crippen LogP contribution in [0.1, 0.15) is 59.8 Å². The normalized spacial score (nSPS) is 20.2. The van der Waals surface area contributed by atoms with E-state index in [4.69, 9.17) is 9.84 Å². The highest BCUT2D eigenvalue weighted by molar-refractivity contribution is 6.07. The van der Waals surface area contributed by atoms with Gasteiger partial charge in [0.15, 0.2) is 6.73 Å². The topological polar surface area (TPSA) is 114 Å². The molecule has 2 aromatic carbocycles. The van der Waals surface area contributed by atoms with Gasteiger partial charge >= 0.3 is 12.0 Å². The van der Waals surface area contributed by atoms with E-state index in [1.807, 2.05) is 9.58 Å². The summed E-state index contributed by atoms with van der Waals surface area (Å²) in [5, 5.41) is 8.62. The molecule has 0 spiro atoms. The van der Waals surface area contributed by atoms with Crippen molar-refractivity contribution in [2.24, 2.45) is 0 Å². The number of nitrogens with one attached hydrogen (secondary N) is 1. The first-order valence-corrected chi connectivity index (χ1v) is 12.7. The summed E-state index contributed by atoms with van der Waals surface area (Å²) in [6.07, 6.45) is 3.73. The lowest BCUT2D eigenvalue weighted by atomic mass is 9.91. The second kappa shape index (κ2) is 9.59. The number of benzene rings is 2. The third-order valence-corrected chi connectivity index (χ3v) is 7.47. The van der Waals surface area contributed by atoms with E-state index in [9.17, 15) is 19.2 Å². The Morgan fingerprint density at radius 1 is 1.11 bits per heavy atom. The van der Waals surface area contributed by atoms with Crippen molar-refractivity contribution in [3.05, 3.63) is 64.8 Å². The minimum Gasteiger partial charge on any atom is -0.444 e. The van der Waals surface area contributed by atoms with Crippen LogP contribution in [0, 0.1) is 13.8 Å². The summed E-state index contributed by atoms with van der Waals surface area (Å²) in [5.74, 6) is -1.19. The van der Waals surface area contributed by atoms with Gasteiger partial charge in [0.1, 0.15) is 5.54 Å². The van der Waals surface area contributed by atoms with Gasteiger partial charge in [0.2, 0.25) is 0 Å². The molecule has 2 fully saturated rings. The molecule has 5 rings (SSSR count). The Labute approximate surface area is 220 Å². The largest absolute Gasteiger partial charge is 0.444 e. The number of likely N-dealkylation sites (tertiary alicyclic amines) is 1. The average molecular weight is 518 g/mol. The molecule has 198 valence electrons. The fraction of sp³-hybridized carbons (Fsp3) is 0.393. The molecule has 0 saturated carbocycles. The van der Waals surface area contributed by atoms with Crippen molar-refractivity contribution >= 4 is 34.7 Å². The van der Waals surface area contributed by atoms with Gasteiger partial charge in [-0.1, -0.05) is 23.8 Å². The molecule has 3 aromatic rings. The number of nitrogens with zero attached hydrogens (tertiary/aromatic N) is 4. The molecular formula is C28H31N5O5. The fourth-order valence-corrected chi connectivity index (χ4v) is 5.33. The Hall–Kier alpha value is -4.21. The van der Waals surface area contributed by atoms with Gasteiger partial charge in [0, 0.05) is 37.2 Å². The number of urea groups is 1. The molecule has 1 aromatic heterocycles. The monoisotopic (exact) mass is 517 g/mol. The van der Waals surface area contributed by atoms with Crippen LogP contribution in [-0.2, 0) is 19.9 Å².